The van der Waals surface area contributed by atoms with E-state index in [-0.39, 0.29) is 13.2 Å². The molecule has 31 heavy (non-hydrogen) atoms. The molecule has 2 amide bonds. The Kier molecular flexibility index (Phi) is 5.79. The summed E-state index contributed by atoms with van der Waals surface area (Å²) in [7, 11) is 0. The highest BCUT2D eigenvalue weighted by molar-refractivity contribution is 5.95. The van der Waals surface area contributed by atoms with Crippen LogP contribution in [0.2, 0.25) is 0 Å². The Morgan fingerprint density at radius 1 is 1.16 bits per heavy atom. The molecule has 1 aliphatic heterocycles. The molecular weight excluding hydrogens is 394 g/mol. The zero-order valence-electron chi connectivity index (χ0n) is 17.3. The number of ether oxygens (including phenoxy) is 1. The summed E-state index contributed by atoms with van der Waals surface area (Å²) in [6.45, 7) is 4.16. The molecule has 0 spiro atoms. The van der Waals surface area contributed by atoms with Gasteiger partial charge in [0.2, 0.25) is 0 Å². The molecule has 0 bridgehead atoms. The second-order valence-corrected chi connectivity index (χ2v) is 7.23. The van der Waals surface area contributed by atoms with E-state index in [4.69, 9.17) is 4.74 Å². The summed E-state index contributed by atoms with van der Waals surface area (Å²) in [4.78, 5) is 25.2. The van der Waals surface area contributed by atoms with Crippen molar-refractivity contribution in [1.82, 2.24) is 25.6 Å². The van der Waals surface area contributed by atoms with E-state index in [9.17, 15) is 9.59 Å². The number of nitrogens with zero attached hydrogens (tertiary/aromatic N) is 3. The number of urea groups is 1. The third kappa shape index (κ3) is 4.48. The van der Waals surface area contributed by atoms with Gasteiger partial charge in [-0.25, -0.2) is 14.3 Å². The molecule has 3 aromatic rings. The van der Waals surface area contributed by atoms with Crippen LogP contribution < -0.4 is 10.6 Å². The molecule has 8 heteroatoms. The number of esters is 1. The molecule has 2 heterocycles. The monoisotopic (exact) mass is 417 g/mol. The van der Waals surface area contributed by atoms with Crippen LogP contribution in [0, 0.1) is 6.92 Å². The molecule has 1 unspecified atom stereocenters. The molecule has 2 aromatic carbocycles. The van der Waals surface area contributed by atoms with Gasteiger partial charge in [0, 0.05) is 5.56 Å². The van der Waals surface area contributed by atoms with E-state index in [1.54, 1.807) is 17.8 Å². The lowest BCUT2D eigenvalue weighted by molar-refractivity contribution is -0.139. The Labute approximate surface area is 179 Å². The van der Waals surface area contributed by atoms with Crippen molar-refractivity contribution in [3.63, 3.8) is 0 Å². The van der Waals surface area contributed by atoms with Crippen molar-refractivity contribution < 1.29 is 14.3 Å². The van der Waals surface area contributed by atoms with Crippen LogP contribution in [0.1, 0.15) is 24.1 Å². The van der Waals surface area contributed by atoms with Crippen molar-refractivity contribution in [1.29, 1.82) is 0 Å². The number of amides is 2. The fraction of sp³-hybridized carbons (Fsp3) is 0.217. The molecule has 2 N–H and O–H groups in total. The van der Waals surface area contributed by atoms with Gasteiger partial charge in [-0.05, 0) is 25.5 Å². The molecule has 8 nitrogen and oxygen atoms in total. The largest absolute Gasteiger partial charge is 0.463 e. The minimum absolute atomic E-state index is 0.170. The third-order valence-corrected chi connectivity index (χ3v) is 4.95. The Hall–Kier alpha value is -3.94. The molecule has 1 atom stereocenters. The lowest BCUT2D eigenvalue weighted by Gasteiger charge is -2.29. The third-order valence-electron chi connectivity index (χ3n) is 4.95. The van der Waals surface area contributed by atoms with Gasteiger partial charge in [-0.2, -0.15) is 0 Å². The summed E-state index contributed by atoms with van der Waals surface area (Å²) < 4.78 is 6.89. The predicted octanol–water partition coefficient (Wildman–Crippen LogP) is 3.12. The molecule has 0 saturated heterocycles. The van der Waals surface area contributed by atoms with Crippen LogP contribution in [0.25, 0.3) is 11.3 Å². The van der Waals surface area contributed by atoms with E-state index in [1.807, 2.05) is 61.5 Å². The van der Waals surface area contributed by atoms with E-state index >= 15 is 0 Å². The Morgan fingerprint density at radius 3 is 2.71 bits per heavy atom. The maximum atomic E-state index is 12.8. The highest BCUT2D eigenvalue weighted by Crippen LogP contribution is 2.28. The van der Waals surface area contributed by atoms with Gasteiger partial charge >= 0.3 is 12.0 Å². The lowest BCUT2D eigenvalue weighted by atomic mass is 9.95. The van der Waals surface area contributed by atoms with Crippen molar-refractivity contribution in [2.75, 3.05) is 6.61 Å². The molecule has 1 aromatic heterocycles. The highest BCUT2D eigenvalue weighted by atomic mass is 16.5. The van der Waals surface area contributed by atoms with E-state index in [0.717, 1.165) is 16.7 Å². The van der Waals surface area contributed by atoms with Gasteiger partial charge in [-0.15, -0.1) is 5.10 Å². The number of nitrogens with one attached hydrogen (secondary N) is 2. The Balaban J connectivity index is 1.71. The van der Waals surface area contributed by atoms with Crippen LogP contribution >= 0.6 is 0 Å². The summed E-state index contributed by atoms with van der Waals surface area (Å²) >= 11 is 0. The number of aryl methyl sites for hydroxylation is 1. The maximum absolute atomic E-state index is 12.8. The first-order chi connectivity index (χ1) is 15.0. The number of carbonyl (C=O) groups excluding carboxylic acids is 2. The Bertz CT molecular complexity index is 1140. The smallest absolute Gasteiger partial charge is 0.338 e. The van der Waals surface area contributed by atoms with Crippen molar-refractivity contribution in [2.45, 2.75) is 26.4 Å². The van der Waals surface area contributed by atoms with Crippen LogP contribution in [0.3, 0.4) is 0 Å². The lowest BCUT2D eigenvalue weighted by Crippen LogP contribution is -2.46. The quantitative estimate of drug-likeness (QED) is 0.601. The number of allylic oxidation sites excluding steroid dienone is 1. The summed E-state index contributed by atoms with van der Waals surface area (Å²) in [5.41, 5.74) is 4.34. The van der Waals surface area contributed by atoms with Crippen LogP contribution in [-0.4, -0.2) is 33.6 Å². The van der Waals surface area contributed by atoms with Crippen molar-refractivity contribution in [3.8, 4) is 11.3 Å². The van der Waals surface area contributed by atoms with Crippen molar-refractivity contribution >= 4 is 12.0 Å². The molecule has 158 valence electrons. The molecule has 0 saturated carbocycles. The van der Waals surface area contributed by atoms with Gasteiger partial charge in [-0.1, -0.05) is 59.3 Å². The first kappa shape index (κ1) is 20.3. The van der Waals surface area contributed by atoms with Gasteiger partial charge in [0.25, 0.3) is 0 Å². The SMILES string of the molecule is CCOC(=O)C1=C(Cn2cc(-c3cccc(C)c3)nn2)NC(=O)NC1c1ccccc1. The second-order valence-electron chi connectivity index (χ2n) is 7.23. The van der Waals surface area contributed by atoms with Crippen LogP contribution in [0.15, 0.2) is 72.1 Å². The van der Waals surface area contributed by atoms with E-state index in [0.29, 0.717) is 17.0 Å². The predicted molar refractivity (Wildman–Crippen MR) is 115 cm³/mol. The van der Waals surface area contributed by atoms with Gasteiger partial charge in [-0.3, -0.25) is 0 Å². The van der Waals surface area contributed by atoms with Gasteiger partial charge in [0.05, 0.1) is 36.7 Å². The number of hydrogen-bond donors (Lipinski definition) is 2. The van der Waals surface area contributed by atoms with Crippen molar-refractivity contribution in [2.24, 2.45) is 0 Å². The molecule has 0 fully saturated rings. The van der Waals surface area contributed by atoms with E-state index < -0.39 is 18.0 Å². The minimum Gasteiger partial charge on any atom is -0.463 e. The zero-order chi connectivity index (χ0) is 21.8. The Morgan fingerprint density at radius 2 is 1.97 bits per heavy atom. The van der Waals surface area contributed by atoms with Crippen molar-refractivity contribution in [3.05, 3.63) is 83.2 Å². The fourth-order valence-electron chi connectivity index (χ4n) is 3.56. The summed E-state index contributed by atoms with van der Waals surface area (Å²) in [6.07, 6.45) is 1.79. The normalized spacial score (nSPS) is 15.9. The molecule has 0 aliphatic carbocycles. The first-order valence-electron chi connectivity index (χ1n) is 10.0. The average molecular weight is 417 g/mol. The number of hydrogen-bond acceptors (Lipinski definition) is 5. The standard InChI is InChI=1S/C23H23N5O3/c1-3-31-22(29)20-19(24-23(30)25-21(20)16-9-5-4-6-10-16)14-28-13-18(26-27-28)17-11-7-8-15(2)12-17/h4-13,21H,3,14H2,1-2H3,(H2,24,25,30). The number of carbonyl (C=O) groups is 2. The first-order valence-corrected chi connectivity index (χ1v) is 10.0. The van der Waals surface area contributed by atoms with Gasteiger partial charge < -0.3 is 15.4 Å². The number of benzene rings is 2. The maximum Gasteiger partial charge on any atom is 0.338 e. The highest BCUT2D eigenvalue weighted by Gasteiger charge is 2.33. The average Bonchev–Trinajstić information content (AvgIpc) is 3.22. The van der Waals surface area contributed by atoms with Crippen LogP contribution in [-0.2, 0) is 16.1 Å². The second kappa shape index (κ2) is 8.83. The molecule has 4 rings (SSSR count). The zero-order valence-corrected chi connectivity index (χ0v) is 17.3. The summed E-state index contributed by atoms with van der Waals surface area (Å²) in [5, 5.41) is 14.0. The number of aromatic nitrogens is 3. The molecule has 0 radical (unpaired) electrons. The van der Waals surface area contributed by atoms with Gasteiger partial charge in [0.1, 0.15) is 5.69 Å². The molecule has 1 aliphatic rings. The summed E-state index contributed by atoms with van der Waals surface area (Å²) in [6, 6.07) is 16.3. The minimum atomic E-state index is -0.622. The summed E-state index contributed by atoms with van der Waals surface area (Å²) in [5.74, 6) is -0.488. The number of rotatable bonds is 6. The van der Waals surface area contributed by atoms with Crippen LogP contribution in [0.5, 0.6) is 0 Å². The van der Waals surface area contributed by atoms with E-state index in [1.165, 1.54) is 0 Å². The topological polar surface area (TPSA) is 98.1 Å². The fourth-order valence-corrected chi connectivity index (χ4v) is 3.56. The van der Waals surface area contributed by atoms with E-state index in [2.05, 4.69) is 20.9 Å². The van der Waals surface area contributed by atoms with Gasteiger partial charge in [0.15, 0.2) is 0 Å². The van der Waals surface area contributed by atoms with Crippen LogP contribution in [0.4, 0.5) is 4.79 Å². The molecular formula is C23H23N5O3.